The molecule has 1 amide bonds. The highest BCUT2D eigenvalue weighted by molar-refractivity contribution is 5.95. The van der Waals surface area contributed by atoms with Crippen LogP contribution in [0.15, 0.2) is 18.2 Å². The minimum atomic E-state index is -0.0908. The molecule has 6 nitrogen and oxygen atoms in total. The van der Waals surface area contributed by atoms with Gasteiger partial charge in [-0.2, -0.15) is 0 Å². The molecule has 144 valence electrons. The molecule has 1 aromatic carbocycles. The maximum absolute atomic E-state index is 12.8. The highest BCUT2D eigenvalue weighted by Crippen LogP contribution is 2.30. The zero-order valence-corrected chi connectivity index (χ0v) is 15.7. The van der Waals surface area contributed by atoms with Crippen molar-refractivity contribution in [1.29, 1.82) is 0 Å². The van der Waals surface area contributed by atoms with Gasteiger partial charge in [-0.3, -0.25) is 4.79 Å². The van der Waals surface area contributed by atoms with Crippen molar-refractivity contribution in [2.45, 2.75) is 38.9 Å². The van der Waals surface area contributed by atoms with E-state index in [4.69, 9.17) is 18.9 Å². The molecule has 1 aromatic rings. The Kier molecular flexibility index (Phi) is 6.74. The first-order valence-corrected chi connectivity index (χ1v) is 9.56. The number of nitrogens with zero attached hydrogens (tertiary/aromatic N) is 1. The largest absolute Gasteiger partial charge is 0.493 e. The predicted molar refractivity (Wildman–Crippen MR) is 97.7 cm³/mol. The second kappa shape index (κ2) is 9.24. The molecule has 0 N–H and O–H groups in total. The Hall–Kier alpha value is -1.79. The van der Waals surface area contributed by atoms with Crippen LogP contribution in [0.4, 0.5) is 0 Å². The molecule has 2 aliphatic heterocycles. The first-order chi connectivity index (χ1) is 12.7. The summed E-state index contributed by atoms with van der Waals surface area (Å²) in [4.78, 5) is 14.7. The summed E-state index contributed by atoms with van der Waals surface area (Å²) >= 11 is 0. The van der Waals surface area contributed by atoms with Gasteiger partial charge in [-0.1, -0.05) is 13.3 Å². The molecule has 0 spiro atoms. The van der Waals surface area contributed by atoms with Crippen molar-refractivity contribution in [1.82, 2.24) is 4.90 Å². The normalized spacial score (nSPS) is 18.9. The average molecular weight is 363 g/mol. The van der Waals surface area contributed by atoms with Gasteiger partial charge in [0.25, 0.3) is 5.91 Å². The molecule has 0 saturated carbocycles. The molecular formula is C20H29NO5. The lowest BCUT2D eigenvalue weighted by atomic mass is 9.95. The Morgan fingerprint density at radius 1 is 1.19 bits per heavy atom. The van der Waals surface area contributed by atoms with E-state index < -0.39 is 0 Å². The van der Waals surface area contributed by atoms with Crippen LogP contribution in [0.2, 0.25) is 0 Å². The lowest BCUT2D eigenvalue weighted by Crippen LogP contribution is -2.41. The minimum absolute atomic E-state index is 0.0371. The van der Waals surface area contributed by atoms with Crippen LogP contribution in [-0.4, -0.2) is 57.1 Å². The molecule has 0 unspecified atom stereocenters. The number of carbonyl (C=O) groups is 1. The standard InChI is InChI=1S/C20H29NO5/c1-3-4-11-24-17-6-5-16(14-18(17)23-2)19(22)21-9-7-15(8-10-21)20-25-12-13-26-20/h5-6,14-15,20H,3-4,7-13H2,1-2H3. The Labute approximate surface area is 155 Å². The molecule has 0 bridgehead atoms. The number of rotatable bonds is 7. The Morgan fingerprint density at radius 3 is 2.58 bits per heavy atom. The van der Waals surface area contributed by atoms with Gasteiger partial charge in [0.2, 0.25) is 0 Å². The summed E-state index contributed by atoms with van der Waals surface area (Å²) in [6.45, 7) is 5.58. The molecular weight excluding hydrogens is 334 g/mol. The molecule has 0 radical (unpaired) electrons. The van der Waals surface area contributed by atoms with Crippen LogP contribution in [0, 0.1) is 5.92 Å². The zero-order valence-electron chi connectivity index (χ0n) is 15.7. The SMILES string of the molecule is CCCCOc1ccc(C(=O)N2CCC(C3OCCO3)CC2)cc1OC. The van der Waals surface area contributed by atoms with E-state index in [2.05, 4.69) is 6.92 Å². The summed E-state index contributed by atoms with van der Waals surface area (Å²) in [6.07, 6.45) is 3.79. The van der Waals surface area contributed by atoms with Crippen molar-refractivity contribution in [2.24, 2.45) is 5.92 Å². The van der Waals surface area contributed by atoms with E-state index in [0.29, 0.717) is 42.8 Å². The quantitative estimate of drug-likeness (QED) is 0.697. The average Bonchev–Trinajstić information content (AvgIpc) is 3.23. The lowest BCUT2D eigenvalue weighted by Gasteiger charge is -2.34. The Balaban J connectivity index is 1.59. The highest BCUT2D eigenvalue weighted by Gasteiger charge is 2.32. The van der Waals surface area contributed by atoms with Gasteiger partial charge in [0.1, 0.15) is 0 Å². The summed E-state index contributed by atoms with van der Waals surface area (Å²) in [5.41, 5.74) is 0.636. The van der Waals surface area contributed by atoms with Crippen LogP contribution >= 0.6 is 0 Å². The van der Waals surface area contributed by atoms with E-state index in [1.54, 1.807) is 13.2 Å². The lowest BCUT2D eigenvalue weighted by molar-refractivity contribution is -0.0956. The summed E-state index contributed by atoms with van der Waals surface area (Å²) in [6, 6.07) is 5.43. The number of methoxy groups -OCH3 is 1. The third-order valence-corrected chi connectivity index (χ3v) is 5.03. The fourth-order valence-corrected chi connectivity index (χ4v) is 3.45. The molecule has 3 rings (SSSR count). The number of unbranched alkanes of at least 4 members (excludes halogenated alkanes) is 1. The van der Waals surface area contributed by atoms with Crippen molar-refractivity contribution in [3.63, 3.8) is 0 Å². The number of ether oxygens (including phenoxy) is 4. The first-order valence-electron chi connectivity index (χ1n) is 9.56. The predicted octanol–water partition coefficient (Wildman–Crippen LogP) is 3.10. The van der Waals surface area contributed by atoms with Crippen molar-refractivity contribution in [3.05, 3.63) is 23.8 Å². The number of carbonyl (C=O) groups excluding carboxylic acids is 1. The van der Waals surface area contributed by atoms with Crippen molar-refractivity contribution in [2.75, 3.05) is 40.0 Å². The molecule has 2 heterocycles. The van der Waals surface area contributed by atoms with E-state index in [1.807, 2.05) is 17.0 Å². The van der Waals surface area contributed by atoms with Gasteiger partial charge in [-0.15, -0.1) is 0 Å². The van der Waals surface area contributed by atoms with Crippen LogP contribution in [-0.2, 0) is 9.47 Å². The number of amides is 1. The van der Waals surface area contributed by atoms with Crippen LogP contribution in [0.3, 0.4) is 0 Å². The maximum atomic E-state index is 12.8. The summed E-state index contributed by atoms with van der Waals surface area (Å²) in [5, 5.41) is 0. The Morgan fingerprint density at radius 2 is 1.92 bits per heavy atom. The molecule has 2 saturated heterocycles. The van der Waals surface area contributed by atoms with Gasteiger partial charge < -0.3 is 23.8 Å². The Bertz CT molecular complexity index is 592. The van der Waals surface area contributed by atoms with Gasteiger partial charge in [-0.05, 0) is 37.5 Å². The number of benzene rings is 1. The topological polar surface area (TPSA) is 57.2 Å². The van der Waals surface area contributed by atoms with Gasteiger partial charge in [-0.25, -0.2) is 0 Å². The van der Waals surface area contributed by atoms with E-state index >= 15 is 0 Å². The monoisotopic (exact) mass is 363 g/mol. The molecule has 6 heteroatoms. The first kappa shape index (κ1) is 19.0. The maximum Gasteiger partial charge on any atom is 0.253 e. The van der Waals surface area contributed by atoms with Crippen molar-refractivity contribution >= 4 is 5.91 Å². The summed E-state index contributed by atoms with van der Waals surface area (Å²) in [7, 11) is 1.60. The van der Waals surface area contributed by atoms with E-state index in [9.17, 15) is 4.79 Å². The number of likely N-dealkylation sites (tertiary alicyclic amines) is 1. The number of hydrogen-bond donors (Lipinski definition) is 0. The van der Waals surface area contributed by atoms with E-state index in [0.717, 1.165) is 38.8 Å². The summed E-state index contributed by atoms with van der Waals surface area (Å²) < 4.78 is 22.4. The van der Waals surface area contributed by atoms with Crippen molar-refractivity contribution in [3.8, 4) is 11.5 Å². The smallest absolute Gasteiger partial charge is 0.253 e. The molecule has 2 aliphatic rings. The van der Waals surface area contributed by atoms with Crippen molar-refractivity contribution < 1.29 is 23.7 Å². The minimum Gasteiger partial charge on any atom is -0.493 e. The van der Waals surface area contributed by atoms with Crippen LogP contribution < -0.4 is 9.47 Å². The van der Waals surface area contributed by atoms with E-state index in [-0.39, 0.29) is 12.2 Å². The second-order valence-corrected chi connectivity index (χ2v) is 6.81. The second-order valence-electron chi connectivity index (χ2n) is 6.81. The van der Waals surface area contributed by atoms with Crippen LogP contribution in [0.1, 0.15) is 43.0 Å². The van der Waals surface area contributed by atoms with Crippen LogP contribution in [0.25, 0.3) is 0 Å². The van der Waals surface area contributed by atoms with Gasteiger partial charge in [0.05, 0.1) is 26.9 Å². The fraction of sp³-hybridized carbons (Fsp3) is 0.650. The van der Waals surface area contributed by atoms with E-state index in [1.165, 1.54) is 0 Å². The number of hydrogen-bond acceptors (Lipinski definition) is 5. The third kappa shape index (κ3) is 4.48. The summed E-state index contributed by atoms with van der Waals surface area (Å²) in [5.74, 6) is 1.71. The fourth-order valence-electron chi connectivity index (χ4n) is 3.45. The molecule has 26 heavy (non-hydrogen) atoms. The van der Waals surface area contributed by atoms with Gasteiger partial charge in [0, 0.05) is 24.6 Å². The molecule has 0 aliphatic carbocycles. The molecule has 0 atom stereocenters. The van der Waals surface area contributed by atoms with Gasteiger partial charge in [0.15, 0.2) is 17.8 Å². The highest BCUT2D eigenvalue weighted by atomic mass is 16.7. The number of piperidine rings is 1. The van der Waals surface area contributed by atoms with Gasteiger partial charge >= 0.3 is 0 Å². The zero-order chi connectivity index (χ0) is 18.4. The van der Waals surface area contributed by atoms with Crippen LogP contribution in [0.5, 0.6) is 11.5 Å². The molecule has 0 aromatic heterocycles. The third-order valence-electron chi connectivity index (χ3n) is 5.03. The molecule has 2 fully saturated rings.